The monoisotopic (exact) mass is 771 g/mol. The van der Waals surface area contributed by atoms with Crippen LogP contribution in [0.2, 0.25) is 0 Å². The Morgan fingerprint density at radius 3 is 1.96 bits per heavy atom. The van der Waals surface area contributed by atoms with Crippen molar-refractivity contribution >= 4 is 22.7 Å². The minimum Gasteiger partial charge on any atom is -0.507 e. The van der Waals surface area contributed by atoms with Gasteiger partial charge in [-0.05, 0) is 87.0 Å². The second-order valence-corrected chi connectivity index (χ2v) is 11.8. The van der Waals surface area contributed by atoms with Gasteiger partial charge in [0.2, 0.25) is 0 Å². The smallest absolute Gasteiger partial charge is 0.125 e. The number of nitrogens with zero attached hydrogens (tertiary/aromatic N) is 2. The van der Waals surface area contributed by atoms with E-state index in [-0.39, 0.29) is 32.6 Å². The number of pyridine rings is 1. The van der Waals surface area contributed by atoms with E-state index in [9.17, 15) is 10.2 Å². The zero-order chi connectivity index (χ0) is 30.8. The van der Waals surface area contributed by atoms with Crippen LogP contribution in [0, 0.1) is 0 Å². The predicted octanol–water partition coefficient (Wildman–Crippen LogP) is 10.6. The number of aromatic hydroxyl groups is 2. The maximum atomic E-state index is 11.5. The molecule has 0 spiro atoms. The number of aromatic nitrogens is 1. The fourth-order valence-corrected chi connectivity index (χ4v) is 5.89. The largest absolute Gasteiger partial charge is 0.507 e. The maximum Gasteiger partial charge on any atom is 0.125 e. The molecule has 4 nitrogen and oxygen atoms in total. The number of hydrogen-bond donors (Lipinski definition) is 2. The average molecular weight is 772 g/mol. The molecule has 0 unspecified atom stereocenters. The van der Waals surface area contributed by atoms with E-state index in [0.29, 0.717) is 39.9 Å². The van der Waals surface area contributed by atoms with Crippen LogP contribution >= 0.6 is 0 Å². The summed E-state index contributed by atoms with van der Waals surface area (Å²) in [6.07, 6.45) is 1.72. The van der Waals surface area contributed by atoms with Crippen LogP contribution in [0.5, 0.6) is 11.5 Å². The second-order valence-electron chi connectivity index (χ2n) is 11.8. The van der Waals surface area contributed by atoms with Crippen LogP contribution in [0.1, 0.15) is 56.4 Å². The van der Waals surface area contributed by atoms with Gasteiger partial charge in [0, 0.05) is 32.0 Å². The molecule has 0 aliphatic rings. The van der Waals surface area contributed by atoms with Crippen molar-refractivity contribution < 1.29 is 31.3 Å². The van der Waals surface area contributed by atoms with Gasteiger partial charge in [-0.15, -0.1) is 0 Å². The van der Waals surface area contributed by atoms with Crippen LogP contribution in [-0.4, -0.2) is 21.4 Å². The number of phenols is 2. The first kappa shape index (κ1) is 31.9. The molecule has 0 bridgehead atoms. The third-order valence-electron chi connectivity index (χ3n) is 8.08. The van der Waals surface area contributed by atoms with E-state index in [0.717, 1.165) is 22.1 Å². The zero-order valence-electron chi connectivity index (χ0n) is 25.8. The van der Waals surface area contributed by atoms with Gasteiger partial charge in [-0.25, -0.2) is 4.98 Å². The summed E-state index contributed by atoms with van der Waals surface area (Å²) in [7, 11) is 0. The van der Waals surface area contributed by atoms with Crippen molar-refractivity contribution in [1.29, 1.82) is 0 Å². The number of rotatable bonds is 7. The topological polar surface area (TPSA) is 65.7 Å². The Bertz CT molecular complexity index is 1970. The van der Waals surface area contributed by atoms with E-state index < -0.39 is 0 Å². The van der Waals surface area contributed by atoms with Gasteiger partial charge in [-0.2, -0.15) is 0 Å². The quantitative estimate of drug-likeness (QED) is 0.159. The number of phenolic OH excluding ortho intramolecular Hbond substituents is 2. The van der Waals surface area contributed by atoms with Crippen molar-refractivity contribution in [2.75, 3.05) is 0 Å². The summed E-state index contributed by atoms with van der Waals surface area (Å²) in [6, 6.07) is 37.7. The fourth-order valence-electron chi connectivity index (χ4n) is 5.89. The van der Waals surface area contributed by atoms with Gasteiger partial charge in [0.25, 0.3) is 0 Å². The summed E-state index contributed by atoms with van der Waals surface area (Å²) in [4.78, 5) is 9.68. The molecule has 6 aromatic rings. The molecule has 1 heterocycles. The van der Waals surface area contributed by atoms with Crippen LogP contribution in [-0.2, 0) is 21.1 Å². The minimum atomic E-state index is 0. The molecule has 0 saturated carbocycles. The summed E-state index contributed by atoms with van der Waals surface area (Å²) >= 11 is 0. The van der Waals surface area contributed by atoms with Crippen molar-refractivity contribution in [3.05, 3.63) is 132 Å². The second kappa shape index (κ2) is 13.6. The fraction of sp³-hybridized carbons (Fsp3) is 0.150. The van der Waals surface area contributed by atoms with E-state index >= 15 is 0 Å². The molecule has 45 heavy (non-hydrogen) atoms. The maximum absolute atomic E-state index is 11.5. The van der Waals surface area contributed by atoms with Gasteiger partial charge in [-0.1, -0.05) is 107 Å². The predicted molar refractivity (Wildman–Crippen MR) is 183 cm³/mol. The molecule has 228 valence electrons. The summed E-state index contributed by atoms with van der Waals surface area (Å²) in [5.41, 5.74) is 9.33. The van der Waals surface area contributed by atoms with Crippen LogP contribution in [0.3, 0.4) is 0 Å². The molecule has 0 amide bonds. The van der Waals surface area contributed by atoms with Crippen molar-refractivity contribution in [2.24, 2.45) is 4.99 Å². The van der Waals surface area contributed by atoms with Gasteiger partial charge in [-0.3, -0.25) is 4.99 Å². The van der Waals surface area contributed by atoms with Gasteiger partial charge in [0.05, 0.1) is 23.3 Å². The molecule has 0 aliphatic carbocycles. The zero-order valence-corrected chi connectivity index (χ0v) is 28.1. The van der Waals surface area contributed by atoms with Gasteiger partial charge in [0.1, 0.15) is 11.5 Å². The van der Waals surface area contributed by atoms with Gasteiger partial charge >= 0.3 is 0 Å². The molecule has 0 fully saturated rings. The first-order valence-electron chi connectivity index (χ1n) is 15.1. The van der Waals surface area contributed by atoms with Crippen LogP contribution < -0.4 is 0 Å². The third-order valence-corrected chi connectivity index (χ3v) is 8.08. The summed E-state index contributed by atoms with van der Waals surface area (Å²) < 4.78 is 0. The van der Waals surface area contributed by atoms with Crippen LogP contribution in [0.25, 0.3) is 44.3 Å². The van der Waals surface area contributed by atoms with Gasteiger partial charge in [0.15, 0.2) is 0 Å². The van der Waals surface area contributed by atoms with Crippen LogP contribution in [0.15, 0.2) is 120 Å². The molecule has 0 saturated heterocycles. The molecule has 0 aliphatic heterocycles. The molecule has 1 aromatic heterocycles. The molecule has 6 rings (SSSR count). The molecule has 0 atom stereocenters. The molecule has 5 heteroatoms. The molecular weight excluding hydrogens is 736 g/mol. The third kappa shape index (κ3) is 6.62. The molecule has 2 N–H and O–H groups in total. The SMILES string of the molecule is CC(C)c1cccc(C(C)C)c1-c1ccc(-c2cc(-c3ccccc3)cc(C=Nc3cccc4cccc(O)c34)n2)c(O)c1.[Pt]. The van der Waals surface area contributed by atoms with E-state index in [1.54, 1.807) is 12.3 Å². The van der Waals surface area contributed by atoms with E-state index in [1.165, 1.54) is 16.7 Å². The molecular formula is C40H36N2O2Pt. The van der Waals surface area contributed by atoms with E-state index in [1.807, 2.05) is 72.8 Å². The number of benzene rings is 5. The summed E-state index contributed by atoms with van der Waals surface area (Å²) in [5.74, 6) is 1.06. The Labute approximate surface area is 279 Å². The van der Waals surface area contributed by atoms with Gasteiger partial charge < -0.3 is 10.2 Å². The normalized spacial score (nSPS) is 11.4. The van der Waals surface area contributed by atoms with Crippen molar-refractivity contribution in [2.45, 2.75) is 39.5 Å². The first-order valence-corrected chi connectivity index (χ1v) is 15.1. The minimum absolute atomic E-state index is 0. The van der Waals surface area contributed by atoms with E-state index in [4.69, 9.17) is 9.98 Å². The Morgan fingerprint density at radius 2 is 1.29 bits per heavy atom. The Hall–Kier alpha value is -4.53. The average Bonchev–Trinajstić information content (AvgIpc) is 3.03. The molecule has 0 radical (unpaired) electrons. The number of aliphatic imine (C=N–C) groups is 1. The standard InChI is InChI=1S/C40H36N2O2.Pt/c1-25(2)32-15-10-16-33(26(3)4)39(32)29-19-20-34(38(44)23-29)36-22-30(27-11-6-5-7-12-27)21-31(42-36)24-41-35-17-8-13-28-14-9-18-37(43)40(28)35;/h5-26,43-44H,1-4H3;. The number of fused-ring (bicyclic) bond motifs is 1. The summed E-state index contributed by atoms with van der Waals surface area (Å²) in [6.45, 7) is 8.83. The van der Waals surface area contributed by atoms with Crippen molar-refractivity contribution in [1.82, 2.24) is 4.98 Å². The Morgan fingerprint density at radius 1 is 0.622 bits per heavy atom. The van der Waals surface area contributed by atoms with Crippen molar-refractivity contribution in [3.8, 4) is 45.0 Å². The van der Waals surface area contributed by atoms with Crippen molar-refractivity contribution in [3.63, 3.8) is 0 Å². The van der Waals surface area contributed by atoms with Crippen LogP contribution in [0.4, 0.5) is 5.69 Å². The summed E-state index contributed by atoms with van der Waals surface area (Å²) in [5, 5.41) is 23.6. The Kier molecular flexibility index (Phi) is 9.65. The van der Waals surface area contributed by atoms with E-state index in [2.05, 4.69) is 64.1 Å². The number of hydrogen-bond acceptors (Lipinski definition) is 4. The Balaban J connectivity index is 0.00000400. The first-order chi connectivity index (χ1) is 21.3. The molecule has 5 aromatic carbocycles.